The summed E-state index contributed by atoms with van der Waals surface area (Å²) < 4.78 is 26.3. The van der Waals surface area contributed by atoms with Crippen molar-refractivity contribution in [2.24, 2.45) is 4.99 Å². The molecule has 0 saturated carbocycles. The molecule has 0 fully saturated rings. The van der Waals surface area contributed by atoms with E-state index in [4.69, 9.17) is 0 Å². The van der Waals surface area contributed by atoms with Gasteiger partial charge in [0, 0.05) is 17.8 Å². The van der Waals surface area contributed by atoms with Crippen molar-refractivity contribution in [3.05, 3.63) is 78.0 Å². The van der Waals surface area contributed by atoms with Crippen molar-refractivity contribution in [1.29, 1.82) is 5.26 Å². The fourth-order valence-corrected chi connectivity index (χ4v) is 2.28. The Morgan fingerprint density at radius 3 is 2.48 bits per heavy atom. The smallest absolute Gasteiger partial charge is 0.160 e. The summed E-state index contributed by atoms with van der Waals surface area (Å²) in [6.07, 6.45) is 1.44. The van der Waals surface area contributed by atoms with Gasteiger partial charge in [-0.3, -0.25) is 4.98 Å². The molecule has 0 saturated heterocycles. The number of rotatable bonds is 3. The molecule has 0 aliphatic rings. The lowest BCUT2D eigenvalue weighted by Crippen LogP contribution is -2.00. The van der Waals surface area contributed by atoms with Crippen molar-refractivity contribution in [1.82, 2.24) is 4.98 Å². The first-order chi connectivity index (χ1) is 12.1. The summed E-state index contributed by atoms with van der Waals surface area (Å²) in [6.45, 7) is 0. The van der Waals surface area contributed by atoms with E-state index in [2.05, 4.69) is 9.98 Å². The zero-order valence-corrected chi connectivity index (χ0v) is 12.8. The summed E-state index contributed by atoms with van der Waals surface area (Å²) >= 11 is 0. The van der Waals surface area contributed by atoms with Crippen molar-refractivity contribution >= 4 is 11.4 Å². The Hall–Kier alpha value is -3.59. The highest BCUT2D eigenvalue weighted by Crippen LogP contribution is 2.31. The predicted molar refractivity (Wildman–Crippen MR) is 89.5 cm³/mol. The zero-order chi connectivity index (χ0) is 17.8. The van der Waals surface area contributed by atoms with Crippen LogP contribution in [0.2, 0.25) is 0 Å². The van der Waals surface area contributed by atoms with E-state index in [0.29, 0.717) is 11.3 Å². The number of halogens is 2. The Balaban J connectivity index is 2.09. The molecular formula is C19H11F2N3O. The topological polar surface area (TPSA) is 69.3 Å². The minimum Gasteiger partial charge on any atom is -0.505 e. The Morgan fingerprint density at radius 2 is 1.80 bits per heavy atom. The van der Waals surface area contributed by atoms with Crippen LogP contribution in [0.5, 0.6) is 5.75 Å². The van der Waals surface area contributed by atoms with Crippen LogP contribution in [0.4, 0.5) is 14.5 Å². The van der Waals surface area contributed by atoms with E-state index in [1.807, 2.05) is 12.1 Å². The number of aliphatic imine (C=N–C) groups is 1. The summed E-state index contributed by atoms with van der Waals surface area (Å²) in [5.74, 6) is -2.28. The summed E-state index contributed by atoms with van der Waals surface area (Å²) in [4.78, 5) is 8.14. The van der Waals surface area contributed by atoms with Crippen LogP contribution in [0.25, 0.3) is 11.3 Å². The van der Waals surface area contributed by atoms with Crippen LogP contribution in [0.1, 0.15) is 5.56 Å². The molecule has 0 amide bonds. The normalized spacial score (nSPS) is 11.2. The molecular weight excluding hydrogens is 324 g/mol. The van der Waals surface area contributed by atoms with Gasteiger partial charge in [-0.15, -0.1) is 0 Å². The largest absolute Gasteiger partial charge is 0.505 e. The fraction of sp³-hybridized carbons (Fsp3) is 0. The average molecular weight is 335 g/mol. The van der Waals surface area contributed by atoms with Gasteiger partial charge in [-0.2, -0.15) is 5.26 Å². The van der Waals surface area contributed by atoms with Crippen molar-refractivity contribution in [3.8, 4) is 23.1 Å². The highest BCUT2D eigenvalue weighted by atomic mass is 19.2. The third-order valence-electron chi connectivity index (χ3n) is 3.48. The Kier molecular flexibility index (Phi) is 4.48. The Bertz CT molecular complexity index is 995. The van der Waals surface area contributed by atoms with Crippen LogP contribution in [0.3, 0.4) is 0 Å². The minimum absolute atomic E-state index is 0.0629. The van der Waals surface area contributed by atoms with E-state index in [1.165, 1.54) is 18.3 Å². The van der Waals surface area contributed by atoms with Crippen molar-refractivity contribution in [2.75, 3.05) is 0 Å². The van der Waals surface area contributed by atoms with Gasteiger partial charge in [0.1, 0.15) is 11.8 Å². The summed E-state index contributed by atoms with van der Waals surface area (Å²) in [7, 11) is 0. The van der Waals surface area contributed by atoms with Gasteiger partial charge in [-0.25, -0.2) is 13.8 Å². The molecule has 0 aliphatic heterocycles. The van der Waals surface area contributed by atoms with E-state index in [1.54, 1.807) is 24.3 Å². The van der Waals surface area contributed by atoms with Crippen LogP contribution in [0, 0.1) is 23.0 Å². The van der Waals surface area contributed by atoms with Crippen LogP contribution in [0.15, 0.2) is 65.8 Å². The molecule has 25 heavy (non-hydrogen) atoms. The van der Waals surface area contributed by atoms with Gasteiger partial charge in [0.15, 0.2) is 23.1 Å². The van der Waals surface area contributed by atoms with Crippen molar-refractivity contribution in [2.45, 2.75) is 0 Å². The molecule has 0 bridgehead atoms. The molecule has 3 aromatic rings. The first kappa shape index (κ1) is 16.3. The van der Waals surface area contributed by atoms with Gasteiger partial charge in [-0.1, -0.05) is 30.3 Å². The summed E-state index contributed by atoms with van der Waals surface area (Å²) in [5.41, 5.74) is 1.05. The van der Waals surface area contributed by atoms with E-state index in [0.717, 1.165) is 12.1 Å². The van der Waals surface area contributed by atoms with Crippen molar-refractivity contribution in [3.63, 3.8) is 0 Å². The second-order valence-corrected chi connectivity index (χ2v) is 5.09. The molecule has 0 radical (unpaired) electrons. The standard InChI is InChI=1S/C19H11F2N3O/c20-15-7-6-13(10-16(15)21)24-17(11-22)14-8-9-23-18(19(14)25)12-4-2-1-3-5-12/h1-10,25H/b24-17+. The molecule has 1 N–H and O–H groups in total. The maximum Gasteiger partial charge on any atom is 0.160 e. The molecule has 6 heteroatoms. The number of nitriles is 1. The van der Waals surface area contributed by atoms with Crippen LogP contribution >= 0.6 is 0 Å². The molecule has 3 rings (SSSR count). The minimum atomic E-state index is -1.07. The van der Waals surface area contributed by atoms with Crippen molar-refractivity contribution < 1.29 is 13.9 Å². The SMILES string of the molecule is N#C/C(=N\c1ccc(F)c(F)c1)c1ccnc(-c2ccccc2)c1O. The molecule has 0 atom stereocenters. The number of pyridine rings is 1. The first-order valence-corrected chi connectivity index (χ1v) is 7.27. The fourth-order valence-electron chi connectivity index (χ4n) is 2.28. The molecule has 1 heterocycles. The Morgan fingerprint density at radius 1 is 1.04 bits per heavy atom. The number of hydrogen-bond acceptors (Lipinski definition) is 4. The van der Waals surface area contributed by atoms with Gasteiger partial charge in [0.25, 0.3) is 0 Å². The van der Waals surface area contributed by atoms with Gasteiger partial charge in [0.2, 0.25) is 0 Å². The molecule has 2 aromatic carbocycles. The van der Waals surface area contributed by atoms with E-state index in [-0.39, 0.29) is 22.7 Å². The lowest BCUT2D eigenvalue weighted by Gasteiger charge is -2.08. The predicted octanol–water partition coefficient (Wildman–Crippen LogP) is 4.38. The Labute approximate surface area is 142 Å². The highest BCUT2D eigenvalue weighted by Gasteiger charge is 2.15. The van der Waals surface area contributed by atoms with Gasteiger partial charge < -0.3 is 5.11 Å². The monoisotopic (exact) mass is 335 g/mol. The lowest BCUT2D eigenvalue weighted by atomic mass is 10.0. The lowest BCUT2D eigenvalue weighted by molar-refractivity contribution is 0.474. The zero-order valence-electron chi connectivity index (χ0n) is 12.8. The van der Waals surface area contributed by atoms with E-state index < -0.39 is 11.6 Å². The van der Waals surface area contributed by atoms with Crippen LogP contribution in [-0.4, -0.2) is 15.8 Å². The third-order valence-corrected chi connectivity index (χ3v) is 3.48. The maximum absolute atomic E-state index is 13.3. The molecule has 1 aromatic heterocycles. The molecule has 0 spiro atoms. The van der Waals surface area contributed by atoms with E-state index in [9.17, 15) is 19.1 Å². The van der Waals surface area contributed by atoms with Gasteiger partial charge in [0.05, 0.1) is 11.3 Å². The third kappa shape index (κ3) is 3.35. The summed E-state index contributed by atoms with van der Waals surface area (Å²) in [6, 6.07) is 15.3. The number of benzene rings is 2. The number of hydrogen-bond donors (Lipinski definition) is 1. The van der Waals surface area contributed by atoms with E-state index >= 15 is 0 Å². The second-order valence-electron chi connectivity index (χ2n) is 5.09. The first-order valence-electron chi connectivity index (χ1n) is 7.27. The van der Waals surface area contributed by atoms with Gasteiger partial charge in [-0.05, 0) is 18.2 Å². The number of aromatic nitrogens is 1. The number of nitrogens with zero attached hydrogens (tertiary/aromatic N) is 3. The number of aromatic hydroxyl groups is 1. The molecule has 122 valence electrons. The van der Waals surface area contributed by atoms with Crippen LogP contribution in [-0.2, 0) is 0 Å². The molecule has 0 aliphatic carbocycles. The average Bonchev–Trinajstić information content (AvgIpc) is 2.64. The molecule has 4 nitrogen and oxygen atoms in total. The maximum atomic E-state index is 13.3. The summed E-state index contributed by atoms with van der Waals surface area (Å²) in [5, 5.41) is 19.9. The van der Waals surface area contributed by atoms with Gasteiger partial charge >= 0.3 is 0 Å². The molecule has 0 unspecified atom stereocenters. The quantitative estimate of drug-likeness (QED) is 0.722. The van der Waals surface area contributed by atoms with Crippen LogP contribution < -0.4 is 0 Å². The highest BCUT2D eigenvalue weighted by molar-refractivity contribution is 6.15. The second kappa shape index (κ2) is 6.89.